The van der Waals surface area contributed by atoms with Crippen LogP contribution in [0.1, 0.15) is 23.5 Å². The molecule has 0 aliphatic carbocycles. The predicted molar refractivity (Wildman–Crippen MR) is 92.2 cm³/mol. The Hall–Kier alpha value is -2.33. The van der Waals surface area contributed by atoms with E-state index in [1.807, 2.05) is 12.3 Å². The number of nitrogens with one attached hydrogen (secondary N) is 1. The molecular formula is C19H21N3O. The summed E-state index contributed by atoms with van der Waals surface area (Å²) >= 11 is 0. The van der Waals surface area contributed by atoms with E-state index in [-0.39, 0.29) is 0 Å². The van der Waals surface area contributed by atoms with E-state index in [0.29, 0.717) is 5.92 Å². The summed E-state index contributed by atoms with van der Waals surface area (Å²) in [6.45, 7) is 4.39. The first kappa shape index (κ1) is 14.3. The van der Waals surface area contributed by atoms with Gasteiger partial charge in [0, 0.05) is 18.9 Å². The van der Waals surface area contributed by atoms with Gasteiger partial charge >= 0.3 is 0 Å². The lowest BCUT2D eigenvalue weighted by atomic mass is 9.98. The number of ether oxygens (including phenoxy) is 1. The number of aromatic nitrogens is 2. The number of nitrogens with zero attached hydrogens (tertiary/aromatic N) is 2. The highest BCUT2D eigenvalue weighted by Gasteiger charge is 2.20. The lowest BCUT2D eigenvalue weighted by Crippen LogP contribution is -2.13. The molecule has 1 aliphatic heterocycles. The van der Waals surface area contributed by atoms with Crippen LogP contribution in [0, 0.1) is 6.92 Å². The van der Waals surface area contributed by atoms with Crippen molar-refractivity contribution in [1.82, 2.24) is 14.9 Å². The number of pyridine rings is 1. The van der Waals surface area contributed by atoms with Crippen LogP contribution < -0.4 is 4.74 Å². The Balaban J connectivity index is 1.58. The lowest BCUT2D eigenvalue weighted by molar-refractivity contribution is 0.411. The van der Waals surface area contributed by atoms with Crippen LogP contribution in [-0.4, -0.2) is 35.0 Å². The molecule has 0 spiro atoms. The molecule has 4 heteroatoms. The van der Waals surface area contributed by atoms with Crippen molar-refractivity contribution in [2.24, 2.45) is 0 Å². The smallest absolute Gasteiger partial charge is 0.141 e. The summed E-state index contributed by atoms with van der Waals surface area (Å²) in [7, 11) is 2.19. The van der Waals surface area contributed by atoms with E-state index in [4.69, 9.17) is 4.74 Å². The van der Waals surface area contributed by atoms with Crippen LogP contribution in [0.3, 0.4) is 0 Å². The molecule has 0 bridgehead atoms. The minimum absolute atomic E-state index is 0.647. The summed E-state index contributed by atoms with van der Waals surface area (Å²) in [6, 6.07) is 10.5. The zero-order chi connectivity index (χ0) is 15.8. The van der Waals surface area contributed by atoms with E-state index in [2.05, 4.69) is 53.1 Å². The quantitative estimate of drug-likeness (QED) is 0.792. The monoisotopic (exact) mass is 307 g/mol. The van der Waals surface area contributed by atoms with Gasteiger partial charge in [0.05, 0.1) is 5.39 Å². The van der Waals surface area contributed by atoms with Crippen molar-refractivity contribution in [2.45, 2.75) is 19.3 Å². The maximum atomic E-state index is 6.10. The van der Waals surface area contributed by atoms with Crippen LogP contribution in [0.15, 0.2) is 42.7 Å². The highest BCUT2D eigenvalue weighted by molar-refractivity contribution is 5.86. The average Bonchev–Trinajstić information content (AvgIpc) is 3.15. The second-order valence-corrected chi connectivity index (χ2v) is 6.42. The van der Waals surface area contributed by atoms with Crippen LogP contribution >= 0.6 is 0 Å². The van der Waals surface area contributed by atoms with Gasteiger partial charge in [0.25, 0.3) is 0 Å². The maximum Gasteiger partial charge on any atom is 0.141 e. The molecule has 4 nitrogen and oxygen atoms in total. The van der Waals surface area contributed by atoms with Gasteiger partial charge in [-0.1, -0.05) is 12.1 Å². The Labute approximate surface area is 136 Å². The van der Waals surface area contributed by atoms with Crippen molar-refractivity contribution in [3.63, 3.8) is 0 Å². The van der Waals surface area contributed by atoms with E-state index in [1.54, 1.807) is 6.20 Å². The molecule has 3 heterocycles. The van der Waals surface area contributed by atoms with Gasteiger partial charge in [0.15, 0.2) is 0 Å². The second kappa shape index (κ2) is 5.70. The van der Waals surface area contributed by atoms with Crippen molar-refractivity contribution in [2.75, 3.05) is 20.1 Å². The third-order valence-corrected chi connectivity index (χ3v) is 4.70. The molecule has 1 aromatic carbocycles. The molecule has 0 saturated carbocycles. The minimum atomic E-state index is 0.647. The van der Waals surface area contributed by atoms with E-state index in [0.717, 1.165) is 34.6 Å². The van der Waals surface area contributed by atoms with Crippen LogP contribution in [0.25, 0.3) is 11.0 Å². The summed E-state index contributed by atoms with van der Waals surface area (Å²) in [5.41, 5.74) is 3.42. The van der Waals surface area contributed by atoms with Crippen molar-refractivity contribution < 1.29 is 4.74 Å². The first-order chi connectivity index (χ1) is 11.2. The summed E-state index contributed by atoms with van der Waals surface area (Å²) < 4.78 is 6.10. The van der Waals surface area contributed by atoms with Gasteiger partial charge in [-0.3, -0.25) is 0 Å². The van der Waals surface area contributed by atoms with Gasteiger partial charge in [-0.05, 0) is 62.2 Å². The molecule has 0 radical (unpaired) electrons. The Bertz CT molecular complexity index is 822. The number of aromatic amines is 1. The van der Waals surface area contributed by atoms with Gasteiger partial charge in [0.2, 0.25) is 0 Å². The van der Waals surface area contributed by atoms with Gasteiger partial charge in [0.1, 0.15) is 17.1 Å². The van der Waals surface area contributed by atoms with Gasteiger partial charge in [-0.2, -0.15) is 0 Å². The largest absolute Gasteiger partial charge is 0.457 e. The molecule has 118 valence electrons. The molecule has 1 saturated heterocycles. The zero-order valence-corrected chi connectivity index (χ0v) is 13.5. The number of fused-ring (bicyclic) bond motifs is 1. The molecule has 1 atom stereocenters. The van der Waals surface area contributed by atoms with Gasteiger partial charge in [-0.15, -0.1) is 0 Å². The highest BCUT2D eigenvalue weighted by atomic mass is 16.5. The number of hydrogen-bond donors (Lipinski definition) is 1. The fourth-order valence-electron chi connectivity index (χ4n) is 3.41. The number of likely N-dealkylation sites (tertiary alicyclic amines) is 1. The number of likely N-dealkylation sites (N-methyl/N-ethyl adjacent to an activating group) is 1. The molecule has 3 aromatic rings. The number of hydrogen-bond acceptors (Lipinski definition) is 3. The van der Waals surface area contributed by atoms with Crippen molar-refractivity contribution >= 4 is 11.0 Å². The molecule has 1 N–H and O–H groups in total. The number of aryl methyl sites for hydroxylation is 1. The number of H-pyrrole nitrogens is 1. The van der Waals surface area contributed by atoms with Crippen LogP contribution in [0.5, 0.6) is 11.5 Å². The first-order valence-corrected chi connectivity index (χ1v) is 8.10. The van der Waals surface area contributed by atoms with Crippen molar-refractivity contribution in [3.8, 4) is 11.5 Å². The first-order valence-electron chi connectivity index (χ1n) is 8.10. The van der Waals surface area contributed by atoms with Crippen LogP contribution in [0.4, 0.5) is 0 Å². The Morgan fingerprint density at radius 1 is 1.22 bits per heavy atom. The Morgan fingerprint density at radius 2 is 2.04 bits per heavy atom. The Morgan fingerprint density at radius 3 is 2.78 bits per heavy atom. The van der Waals surface area contributed by atoms with Crippen LogP contribution in [-0.2, 0) is 0 Å². The maximum absolute atomic E-state index is 6.10. The molecular weight excluding hydrogens is 286 g/mol. The summed E-state index contributed by atoms with van der Waals surface area (Å²) in [5, 5.41) is 1.05. The molecule has 4 rings (SSSR count). The van der Waals surface area contributed by atoms with E-state index in [1.165, 1.54) is 18.5 Å². The third-order valence-electron chi connectivity index (χ3n) is 4.70. The van der Waals surface area contributed by atoms with E-state index >= 15 is 0 Å². The standard InChI is InChI=1S/C19H21N3O/c1-13-11-21-19-18(13)17(7-9-20-19)23-16-5-3-14(4-6-16)15-8-10-22(2)12-15/h3-7,9,11,15H,8,10,12H2,1-2H3,(H,20,21). The van der Waals surface area contributed by atoms with E-state index < -0.39 is 0 Å². The fraction of sp³-hybridized carbons (Fsp3) is 0.316. The molecule has 1 aliphatic rings. The Kier molecular flexibility index (Phi) is 3.54. The number of benzene rings is 1. The molecule has 1 fully saturated rings. The second-order valence-electron chi connectivity index (χ2n) is 6.42. The van der Waals surface area contributed by atoms with E-state index in [9.17, 15) is 0 Å². The van der Waals surface area contributed by atoms with Crippen LogP contribution in [0.2, 0.25) is 0 Å². The normalized spacial score (nSPS) is 18.6. The molecule has 2 aromatic heterocycles. The van der Waals surface area contributed by atoms with Gasteiger partial charge < -0.3 is 14.6 Å². The third kappa shape index (κ3) is 2.70. The summed E-state index contributed by atoms with van der Waals surface area (Å²) in [5.74, 6) is 2.36. The average molecular weight is 307 g/mol. The summed E-state index contributed by atoms with van der Waals surface area (Å²) in [6.07, 6.45) is 4.98. The predicted octanol–water partition coefficient (Wildman–Crippen LogP) is 4.08. The minimum Gasteiger partial charge on any atom is -0.457 e. The topological polar surface area (TPSA) is 41.1 Å². The lowest BCUT2D eigenvalue weighted by Gasteiger charge is -2.12. The number of rotatable bonds is 3. The highest BCUT2D eigenvalue weighted by Crippen LogP contribution is 2.32. The van der Waals surface area contributed by atoms with Crippen molar-refractivity contribution in [1.29, 1.82) is 0 Å². The summed E-state index contributed by atoms with van der Waals surface area (Å²) in [4.78, 5) is 9.89. The zero-order valence-electron chi connectivity index (χ0n) is 13.5. The molecule has 23 heavy (non-hydrogen) atoms. The van der Waals surface area contributed by atoms with Crippen molar-refractivity contribution in [3.05, 3.63) is 53.9 Å². The molecule has 0 amide bonds. The molecule has 1 unspecified atom stereocenters. The fourth-order valence-corrected chi connectivity index (χ4v) is 3.41. The van der Waals surface area contributed by atoms with Gasteiger partial charge in [-0.25, -0.2) is 4.98 Å². The SMILES string of the molecule is Cc1c[nH]c2nccc(Oc3ccc(C4CCN(C)C4)cc3)c12.